The molecule has 4 aliphatic rings. The molecule has 0 spiro atoms. The number of nitrogens with one attached hydrogen (secondary N) is 3. The van der Waals surface area contributed by atoms with Crippen LogP contribution in [0.2, 0.25) is 0 Å². The smallest absolute Gasteiger partial charge is 0.410 e. The Kier molecular flexibility index (Phi) is 23.3. The molecule has 4 aromatic carbocycles. The van der Waals surface area contributed by atoms with E-state index < -0.39 is 29.8 Å². The molecule has 6 aromatic rings. The predicted octanol–water partition coefficient (Wildman–Crippen LogP) is 11.6. The van der Waals surface area contributed by atoms with Gasteiger partial charge in [-0.2, -0.15) is 0 Å². The van der Waals surface area contributed by atoms with E-state index in [0.29, 0.717) is 24.6 Å². The van der Waals surface area contributed by atoms with E-state index in [4.69, 9.17) is 28.9 Å². The molecule has 0 radical (unpaired) electrons. The summed E-state index contributed by atoms with van der Waals surface area (Å²) in [5.41, 5.74) is 2.61. The lowest BCUT2D eigenvalue weighted by Crippen LogP contribution is -2.56. The molecule has 4 heterocycles. The first-order chi connectivity index (χ1) is 43.3. The topological polar surface area (TPSA) is 231 Å². The first kappa shape index (κ1) is 67.2. The maximum atomic E-state index is 14.5. The summed E-state index contributed by atoms with van der Waals surface area (Å²) in [7, 11) is 3.30. The van der Waals surface area contributed by atoms with Crippen LogP contribution in [0.3, 0.4) is 0 Å². The first-order valence-corrected chi connectivity index (χ1v) is 33.9. The van der Waals surface area contributed by atoms with Crippen LogP contribution in [-0.2, 0) is 33.4 Å². The minimum Gasteiger partial charge on any atom is -0.490 e. The molecule has 0 unspecified atom stereocenters. The Morgan fingerprint density at radius 2 is 1.10 bits per heavy atom. The first-order valence-electron chi connectivity index (χ1n) is 32.1. The molecule has 2 saturated carbocycles. The molecule has 2 saturated heterocycles. The van der Waals surface area contributed by atoms with Crippen molar-refractivity contribution < 1.29 is 52.8 Å². The fourth-order valence-electron chi connectivity index (χ4n) is 12.9. The van der Waals surface area contributed by atoms with Crippen molar-refractivity contribution in [2.24, 2.45) is 11.8 Å². The predicted molar refractivity (Wildman–Crippen MR) is 351 cm³/mol. The summed E-state index contributed by atoms with van der Waals surface area (Å²) >= 11 is 3.08. The number of aliphatic hydroxyl groups is 1. The van der Waals surface area contributed by atoms with E-state index in [9.17, 15) is 33.9 Å². The molecule has 90 heavy (non-hydrogen) atoms. The van der Waals surface area contributed by atoms with E-state index in [1.54, 1.807) is 53.1 Å². The Morgan fingerprint density at radius 3 is 1.56 bits per heavy atom. The minimum atomic E-state index is -0.828. The van der Waals surface area contributed by atoms with Crippen LogP contribution in [-0.4, -0.2) is 149 Å². The van der Waals surface area contributed by atoms with E-state index in [1.807, 2.05) is 88.1 Å². The summed E-state index contributed by atoms with van der Waals surface area (Å²) in [6.07, 6.45) is 12.9. The fourth-order valence-corrected chi connectivity index (χ4v) is 14.8. The summed E-state index contributed by atoms with van der Waals surface area (Å²) in [6, 6.07) is 21.3. The van der Waals surface area contributed by atoms with Crippen molar-refractivity contribution in [2.45, 2.75) is 173 Å². The minimum absolute atomic E-state index is 0.00899. The number of ether oxygens (including phenoxy) is 4. The van der Waals surface area contributed by atoms with E-state index in [1.165, 1.54) is 29.6 Å². The SMILES string of the molecule is CC(=O)OCCOc1ccc2ccccc2c1-c1csc([C@@H]2CCCN2C(=O)[C@@H](NC(=O)[C@H](C)N(C)C(=O)OC(C)(C)C)C2CCCCC2)n1.CN[C@@H](C)C(=O)N[C@H](C(=O)N1CCC[C@H]1c1nc(-c2c(OCCO)ccc3ccccc23)cs1)C1CCCCC1. The van der Waals surface area contributed by atoms with Crippen molar-refractivity contribution in [1.82, 2.24) is 40.6 Å². The average molecular weight is 1270 g/mol. The van der Waals surface area contributed by atoms with Gasteiger partial charge < -0.3 is 49.8 Å². The van der Waals surface area contributed by atoms with Gasteiger partial charge in [0, 0.05) is 37.8 Å². The Bertz CT molecular complexity index is 3440. The number of esters is 1. The number of likely N-dealkylation sites (N-methyl/N-ethyl adjacent to an activating group) is 2. The highest BCUT2D eigenvalue weighted by atomic mass is 32.1. The van der Waals surface area contributed by atoms with Crippen molar-refractivity contribution in [1.29, 1.82) is 0 Å². The van der Waals surface area contributed by atoms with Gasteiger partial charge in [-0.15, -0.1) is 22.7 Å². The average Bonchev–Trinajstić information content (AvgIpc) is 1.54. The maximum absolute atomic E-state index is 14.5. The summed E-state index contributed by atoms with van der Waals surface area (Å²) in [5, 5.41) is 28.5. The number of hydrogen-bond donors (Lipinski definition) is 4. The summed E-state index contributed by atoms with van der Waals surface area (Å²) < 4.78 is 22.6. The van der Waals surface area contributed by atoms with Crippen LogP contribution in [0, 0.1) is 11.8 Å². The number of carbonyl (C=O) groups is 6. The Hall–Kier alpha value is -7.20. The van der Waals surface area contributed by atoms with Crippen LogP contribution < -0.4 is 25.4 Å². The number of aliphatic hydroxyl groups excluding tert-OH is 1. The van der Waals surface area contributed by atoms with Crippen LogP contribution in [0.5, 0.6) is 11.5 Å². The zero-order valence-electron chi connectivity index (χ0n) is 53.4. The number of aromatic nitrogens is 2. The highest BCUT2D eigenvalue weighted by Crippen LogP contribution is 2.44. The highest BCUT2D eigenvalue weighted by Gasteiger charge is 2.43. The van der Waals surface area contributed by atoms with Crippen LogP contribution in [0.15, 0.2) is 83.6 Å². The van der Waals surface area contributed by atoms with Crippen LogP contribution >= 0.6 is 22.7 Å². The van der Waals surface area contributed by atoms with Crippen molar-refractivity contribution >= 4 is 79.9 Å². The third kappa shape index (κ3) is 16.5. The van der Waals surface area contributed by atoms with Gasteiger partial charge in [-0.05, 0) is 139 Å². The van der Waals surface area contributed by atoms with Crippen molar-refractivity contribution in [2.75, 3.05) is 53.6 Å². The van der Waals surface area contributed by atoms with Gasteiger partial charge in [0.15, 0.2) is 0 Å². The van der Waals surface area contributed by atoms with Gasteiger partial charge in [-0.3, -0.25) is 28.9 Å². The second-order valence-electron chi connectivity index (χ2n) is 25.1. The number of carbonyl (C=O) groups excluding carboxylic acids is 6. The lowest BCUT2D eigenvalue weighted by Gasteiger charge is -2.36. The normalized spacial score (nSPS) is 18.6. The number of nitrogens with zero attached hydrogens (tertiary/aromatic N) is 5. The maximum Gasteiger partial charge on any atom is 0.410 e. The third-order valence-corrected chi connectivity index (χ3v) is 19.7. The molecule has 21 heteroatoms. The fraction of sp³-hybridized carbons (Fsp3) is 0.536. The quantitative estimate of drug-likeness (QED) is 0.0388. The molecular formula is C69H90N8O11S2. The van der Waals surface area contributed by atoms with Crippen LogP contribution in [0.25, 0.3) is 44.1 Å². The zero-order chi connectivity index (χ0) is 64.1. The lowest BCUT2D eigenvalue weighted by molar-refractivity contribution is -0.141. The molecule has 2 aliphatic carbocycles. The Morgan fingerprint density at radius 1 is 0.633 bits per heavy atom. The van der Waals surface area contributed by atoms with Gasteiger partial charge in [-0.25, -0.2) is 14.8 Å². The van der Waals surface area contributed by atoms with Gasteiger partial charge in [0.05, 0.1) is 47.2 Å². The van der Waals surface area contributed by atoms with Crippen LogP contribution in [0.4, 0.5) is 4.79 Å². The third-order valence-electron chi connectivity index (χ3n) is 17.8. The second kappa shape index (κ2) is 31.2. The molecule has 0 bridgehead atoms. The van der Waals surface area contributed by atoms with E-state index in [2.05, 4.69) is 28.1 Å². The monoisotopic (exact) mass is 1270 g/mol. The zero-order valence-corrected chi connectivity index (χ0v) is 55.1. The molecule has 5 amide bonds. The van der Waals surface area contributed by atoms with Gasteiger partial charge in [0.2, 0.25) is 23.6 Å². The molecule has 4 fully saturated rings. The van der Waals surface area contributed by atoms with Gasteiger partial charge in [-0.1, -0.05) is 99.2 Å². The number of amides is 5. The van der Waals surface area contributed by atoms with Crippen molar-refractivity contribution in [3.8, 4) is 34.0 Å². The Balaban J connectivity index is 0.000000219. The van der Waals surface area contributed by atoms with Crippen LogP contribution in [0.1, 0.15) is 154 Å². The van der Waals surface area contributed by atoms with Crippen molar-refractivity contribution in [3.05, 3.63) is 93.6 Å². The summed E-state index contributed by atoms with van der Waals surface area (Å²) in [4.78, 5) is 94.5. The standard InChI is InChI=1S/C38H50N4O7S.C31H40N4O4S/c1-24(41(6)37(46)49-38(3,4)5)34(44)40-33(27-14-8-7-9-15-27)36(45)42-20-12-17-30(42)35-39-29(23-50-35)32-28-16-11-10-13-26(28)18-19-31(32)48-22-21-47-25(2)43;1-20(32-2)29(37)34-28(22-10-4-3-5-11-22)31(38)35-16-8-13-25(35)30-33-24(19-40-30)27-23-12-7-6-9-21(23)14-15-26(27)39-18-17-36/h10-11,13,16,18-19,23-24,27,30,33H,7-9,12,14-15,17,20-22H2,1-6H3,(H,40,44);6-7,9,12,14-15,19-20,22,25,28,32,36H,3-5,8,10-11,13,16-18H2,1-2H3,(H,34,37)/t24-,30-,33-;20-,25-,28-/m00/s1. The molecule has 2 aliphatic heterocycles. The Labute approximate surface area is 537 Å². The molecule has 10 rings (SSSR count). The molecule has 484 valence electrons. The largest absolute Gasteiger partial charge is 0.490 e. The van der Waals surface area contributed by atoms with Gasteiger partial charge >= 0.3 is 12.1 Å². The second-order valence-corrected chi connectivity index (χ2v) is 26.9. The summed E-state index contributed by atoms with van der Waals surface area (Å²) in [5.74, 6) is 0.521. The molecule has 19 nitrogen and oxygen atoms in total. The number of likely N-dealkylation sites (tertiary alicyclic amines) is 2. The molecule has 2 aromatic heterocycles. The van der Waals surface area contributed by atoms with E-state index in [0.717, 1.165) is 138 Å². The van der Waals surface area contributed by atoms with E-state index >= 15 is 0 Å². The van der Waals surface area contributed by atoms with Gasteiger partial charge in [0.25, 0.3) is 0 Å². The molecular weight excluding hydrogens is 1180 g/mol. The number of fused-ring (bicyclic) bond motifs is 2. The molecule has 4 N–H and O–H groups in total. The van der Waals surface area contributed by atoms with Crippen molar-refractivity contribution in [3.63, 3.8) is 0 Å². The van der Waals surface area contributed by atoms with E-state index in [-0.39, 0.29) is 86.0 Å². The summed E-state index contributed by atoms with van der Waals surface area (Å²) in [6.45, 7) is 11.9. The lowest BCUT2D eigenvalue weighted by atomic mass is 9.83. The number of hydrogen-bond acceptors (Lipinski definition) is 16. The molecule has 6 atom stereocenters. The number of benzene rings is 4. The highest BCUT2D eigenvalue weighted by molar-refractivity contribution is 7.10. The number of thiazole rings is 2. The number of rotatable bonds is 21. The van der Waals surface area contributed by atoms with Gasteiger partial charge in [0.1, 0.15) is 65.1 Å².